The maximum absolute atomic E-state index is 14.4. The quantitative estimate of drug-likeness (QED) is 0.0204. The third-order valence-corrected chi connectivity index (χ3v) is 18.8. The van der Waals surface area contributed by atoms with Crippen molar-refractivity contribution in [3.05, 3.63) is 129 Å². The number of allylic oxidation sites excluding steroid dienone is 1. The summed E-state index contributed by atoms with van der Waals surface area (Å²) in [6.45, 7) is 13.5. The van der Waals surface area contributed by atoms with E-state index in [-0.39, 0.29) is 86.4 Å². The van der Waals surface area contributed by atoms with Crippen LogP contribution in [0.3, 0.4) is 0 Å². The van der Waals surface area contributed by atoms with Gasteiger partial charge in [0.2, 0.25) is 50.1 Å². The van der Waals surface area contributed by atoms with Gasteiger partial charge in [-0.05, 0) is 101 Å². The summed E-state index contributed by atoms with van der Waals surface area (Å²) in [5, 5.41) is 19.8. The van der Waals surface area contributed by atoms with Crippen LogP contribution in [-0.4, -0.2) is 246 Å². The van der Waals surface area contributed by atoms with Gasteiger partial charge < -0.3 is 93.3 Å². The second kappa shape index (κ2) is 47.2. The summed E-state index contributed by atoms with van der Waals surface area (Å²) < 4.78 is 92.9. The first-order chi connectivity index (χ1) is 54.7. The number of ether oxygens (including phenoxy) is 12. The molecule has 6 N–H and O–H groups in total. The van der Waals surface area contributed by atoms with Crippen LogP contribution < -0.4 is 32.6 Å². The molecular weight excluding hydrogens is 1490 g/mol. The lowest BCUT2D eigenvalue weighted by Gasteiger charge is -2.35. The molecule has 0 radical (unpaired) electrons. The van der Waals surface area contributed by atoms with Crippen molar-refractivity contribution in [2.24, 2.45) is 5.73 Å². The number of nitrogens with two attached hydrogens (primary N) is 1. The number of rotatable bonds is 54. The summed E-state index contributed by atoms with van der Waals surface area (Å²) in [6, 6.07) is 14.7. The second-order valence-electron chi connectivity index (χ2n) is 26.6. The Morgan fingerprint density at radius 2 is 1.38 bits per heavy atom. The zero-order valence-electron chi connectivity index (χ0n) is 64.8. The number of hydrogen-bond donors (Lipinski definition) is 5. The van der Waals surface area contributed by atoms with Gasteiger partial charge >= 0.3 is 12.1 Å². The molecule has 616 valence electrons. The van der Waals surface area contributed by atoms with Gasteiger partial charge in [-0.2, -0.15) is 0 Å². The molecule has 0 saturated carbocycles. The molecule has 2 aliphatic heterocycles. The highest BCUT2D eigenvalue weighted by atomic mass is 32.2. The topological polar surface area (TPSA) is 433 Å². The van der Waals surface area contributed by atoms with Crippen molar-refractivity contribution in [3.63, 3.8) is 0 Å². The maximum Gasteiger partial charge on any atom is 0.510 e. The van der Waals surface area contributed by atoms with Crippen LogP contribution in [0.1, 0.15) is 112 Å². The van der Waals surface area contributed by atoms with Crippen LogP contribution in [0.5, 0.6) is 0 Å². The molecule has 113 heavy (non-hydrogen) atoms. The SMILES string of the molecule is CC[C@@]1(OC(=O)OCc2ccc(NC(=O)[C@H](CCCCN)NC(=O)COCC(=O)NCCOCCOCCOCCOCCOCCOCCOCCOCCn3cc(CNC(=O)CCC/C=C\c4cnc(S(C)(=O)=O)nc4)nn3)cc2)C(=O)OCc2c1cc1n(c2=O)Cc2c-1nc1ccccc1c2CCN(C(C)=O)C(C)C. The lowest BCUT2D eigenvalue weighted by Crippen LogP contribution is -2.47. The second-order valence-corrected chi connectivity index (χ2v) is 28.6. The highest BCUT2D eigenvalue weighted by Gasteiger charge is 2.51. The van der Waals surface area contributed by atoms with Crippen LogP contribution in [0.4, 0.5) is 10.5 Å². The molecule has 6 aromatic rings. The number of benzene rings is 2. The molecule has 2 atom stereocenters. The number of para-hydroxylation sites is 1. The number of hydrogen-bond acceptors (Lipinski definition) is 28. The molecular formula is C77H105N13O22S. The van der Waals surface area contributed by atoms with Gasteiger partial charge in [-0.25, -0.2) is 37.6 Å². The maximum atomic E-state index is 14.4. The molecule has 8 rings (SSSR count). The van der Waals surface area contributed by atoms with Crippen molar-refractivity contribution < 1.29 is 98.8 Å². The minimum absolute atomic E-state index is 0.0265. The van der Waals surface area contributed by atoms with Gasteiger partial charge in [0.15, 0.2) is 0 Å². The van der Waals surface area contributed by atoms with Crippen LogP contribution in [0.25, 0.3) is 28.4 Å². The lowest BCUT2D eigenvalue weighted by atomic mass is 9.85. The van der Waals surface area contributed by atoms with Crippen molar-refractivity contribution in [2.75, 3.05) is 150 Å². The summed E-state index contributed by atoms with van der Waals surface area (Å²) in [7, 11) is -3.45. The number of sulfone groups is 1. The van der Waals surface area contributed by atoms with Crippen molar-refractivity contribution in [1.29, 1.82) is 0 Å². The van der Waals surface area contributed by atoms with Gasteiger partial charge in [0.25, 0.3) is 5.56 Å². The highest BCUT2D eigenvalue weighted by Crippen LogP contribution is 2.42. The molecule has 0 aliphatic carbocycles. The minimum Gasteiger partial charge on any atom is -0.457 e. The fourth-order valence-corrected chi connectivity index (χ4v) is 12.6. The predicted octanol–water partition coefficient (Wildman–Crippen LogP) is 4.04. The number of carbonyl (C=O) groups is 7. The van der Waals surface area contributed by atoms with Gasteiger partial charge in [-0.3, -0.25) is 28.8 Å². The standard InChI is InChI=1S/C77H105N13O22S/c1-6-77(64-44-67-71-62(49-90(67)73(96)63(64)51-110-74(77)97)60(23-26-89(54(2)3)55(4)91)61-15-10-11-16-65(61)85-71)112-76(98)111-50-56-19-21-58(22-20-56)83-72(95)66(17-12-13-24-78)84-70(94)53-109-52-69(93)79-25-28-101-30-32-103-34-36-105-38-40-107-42-43-108-41-39-106-37-35-104-33-31-102-29-27-88-48-59(86-87-88)47-80-68(92)18-9-7-8-14-57-45-81-75(82-46-57)113(5,99)100/h8,10-11,14-16,19-22,44-46,48,54,66H,6-7,9,12-13,17-18,23-43,47,49-53,78H2,1-5H3,(H,79,93)(H,80,92)(H,83,95)(H,84,94)/b14-8-/t66-,77-/m0/s1. The molecule has 0 bridgehead atoms. The number of cyclic esters (lactones) is 1. The first-order valence-corrected chi connectivity index (χ1v) is 39.7. The van der Waals surface area contributed by atoms with Gasteiger partial charge in [0.1, 0.15) is 38.2 Å². The highest BCUT2D eigenvalue weighted by molar-refractivity contribution is 7.90. The van der Waals surface area contributed by atoms with E-state index in [1.165, 1.54) is 12.4 Å². The Morgan fingerprint density at radius 1 is 0.752 bits per heavy atom. The van der Waals surface area contributed by atoms with Gasteiger partial charge in [-0.15, -0.1) is 5.10 Å². The smallest absolute Gasteiger partial charge is 0.457 e. The van der Waals surface area contributed by atoms with Gasteiger partial charge in [0.05, 0.1) is 154 Å². The van der Waals surface area contributed by atoms with E-state index in [1.54, 1.807) is 70.6 Å². The molecule has 36 heteroatoms. The number of pyridine rings is 2. The molecule has 0 spiro atoms. The normalized spacial score (nSPS) is 14.0. The van der Waals surface area contributed by atoms with Crippen molar-refractivity contribution in [2.45, 2.75) is 135 Å². The van der Waals surface area contributed by atoms with E-state index in [1.807, 2.05) is 44.2 Å². The molecule has 0 fully saturated rings. The Hall–Kier alpha value is -9.60. The summed E-state index contributed by atoms with van der Waals surface area (Å²) in [5.74, 6) is -2.62. The van der Waals surface area contributed by atoms with E-state index in [0.717, 1.165) is 22.8 Å². The minimum atomic E-state index is -3.45. The largest absolute Gasteiger partial charge is 0.510 e. The summed E-state index contributed by atoms with van der Waals surface area (Å²) in [5.41, 5.74) is 9.22. The molecule has 4 aromatic heterocycles. The lowest BCUT2D eigenvalue weighted by molar-refractivity contribution is -0.175. The van der Waals surface area contributed by atoms with E-state index in [2.05, 4.69) is 41.5 Å². The van der Waals surface area contributed by atoms with Crippen LogP contribution >= 0.6 is 0 Å². The summed E-state index contributed by atoms with van der Waals surface area (Å²) in [6.07, 6.45) is 11.6. The molecule has 0 unspecified atom stereocenters. The molecule has 5 amide bonds. The van der Waals surface area contributed by atoms with Crippen LogP contribution in [0.15, 0.2) is 89.2 Å². The summed E-state index contributed by atoms with van der Waals surface area (Å²) >= 11 is 0. The van der Waals surface area contributed by atoms with Crippen LogP contribution in [0, 0.1) is 0 Å². The van der Waals surface area contributed by atoms with Crippen LogP contribution in [-0.2, 0) is 140 Å². The monoisotopic (exact) mass is 1600 g/mol. The van der Waals surface area contributed by atoms with Gasteiger partial charge in [-0.1, -0.05) is 54.6 Å². The zero-order chi connectivity index (χ0) is 80.8. The Kier molecular flexibility index (Phi) is 37.1. The van der Waals surface area contributed by atoms with Gasteiger partial charge in [0, 0.05) is 78.9 Å². The van der Waals surface area contributed by atoms with Crippen molar-refractivity contribution >= 4 is 74.2 Å². The third-order valence-electron chi connectivity index (χ3n) is 18.0. The number of unbranched alkanes of at least 4 members (excludes halogenated alkanes) is 2. The molecule has 35 nitrogen and oxygen atoms in total. The average molecular weight is 1600 g/mol. The number of aromatic nitrogens is 7. The Balaban J connectivity index is 0.593. The zero-order valence-corrected chi connectivity index (χ0v) is 65.6. The first kappa shape index (κ1) is 89.0. The Morgan fingerprint density at radius 3 is 2.00 bits per heavy atom. The number of amides is 5. The number of anilines is 1. The van der Waals surface area contributed by atoms with E-state index < -0.39 is 70.1 Å². The Labute approximate surface area is 656 Å². The number of nitrogens with one attached hydrogen (secondary N) is 4. The van der Waals surface area contributed by atoms with E-state index in [9.17, 15) is 46.8 Å². The number of carbonyl (C=O) groups excluding carboxylic acids is 7. The molecule has 0 saturated heterocycles. The molecule has 6 heterocycles. The van der Waals surface area contributed by atoms with E-state index >= 15 is 0 Å². The van der Waals surface area contributed by atoms with Crippen LogP contribution in [0.2, 0.25) is 0 Å². The summed E-state index contributed by atoms with van der Waals surface area (Å²) in [4.78, 5) is 120. The fourth-order valence-electron chi connectivity index (χ4n) is 12.2. The third kappa shape index (κ3) is 28.8. The Bertz CT molecular complexity index is 4280. The predicted molar refractivity (Wildman–Crippen MR) is 410 cm³/mol. The number of esters is 1. The average Bonchev–Trinajstić information content (AvgIpc) is 1.63. The molecule has 2 aromatic carbocycles. The first-order valence-electron chi connectivity index (χ1n) is 37.9. The van der Waals surface area contributed by atoms with Crippen molar-refractivity contribution in [3.8, 4) is 11.4 Å². The number of fused-ring (bicyclic) bond motifs is 5. The fraction of sp³-hybridized carbons (Fsp3) is 0.545. The van der Waals surface area contributed by atoms with Crippen molar-refractivity contribution in [1.82, 2.24) is 55.4 Å². The van der Waals surface area contributed by atoms with E-state index in [4.69, 9.17) is 67.6 Å². The van der Waals surface area contributed by atoms with E-state index in [0.29, 0.717) is 197 Å². The molecule has 2 aliphatic rings. The number of nitrogens with zero attached hydrogens (tertiary/aromatic N) is 8.